The van der Waals surface area contributed by atoms with Crippen LogP contribution in [-0.4, -0.2) is 18.1 Å². The molecular weight excluding hydrogens is 268 g/mol. The van der Waals surface area contributed by atoms with E-state index in [0.29, 0.717) is 10.9 Å². The first-order valence-corrected chi connectivity index (χ1v) is 6.76. The Morgan fingerprint density at radius 3 is 2.95 bits per heavy atom. The Morgan fingerprint density at radius 2 is 2.29 bits per heavy atom. The van der Waals surface area contributed by atoms with Crippen LogP contribution in [-0.2, 0) is 11.2 Å². The van der Waals surface area contributed by atoms with Crippen LogP contribution < -0.4 is 0 Å². The number of methoxy groups -OCH3 is 1. The molecule has 0 radical (unpaired) electrons. The van der Waals surface area contributed by atoms with Gasteiger partial charge in [-0.2, -0.15) is 0 Å². The van der Waals surface area contributed by atoms with Crippen LogP contribution in [0.1, 0.15) is 35.7 Å². The van der Waals surface area contributed by atoms with Crippen LogP contribution in [0.15, 0.2) is 29.5 Å². The van der Waals surface area contributed by atoms with Crippen molar-refractivity contribution in [2.45, 2.75) is 26.2 Å². The maximum absolute atomic E-state index is 11.8. The van der Waals surface area contributed by atoms with E-state index in [4.69, 9.17) is 10.3 Å². The van der Waals surface area contributed by atoms with Crippen molar-refractivity contribution in [3.05, 3.63) is 46.0 Å². The fourth-order valence-corrected chi connectivity index (χ4v) is 2.17. The lowest BCUT2D eigenvalue weighted by Crippen LogP contribution is -2.02. The zero-order chi connectivity index (χ0) is 15.2. The zero-order valence-corrected chi connectivity index (χ0v) is 12.0. The maximum Gasteiger partial charge on any atom is 0.339 e. The Labute approximate surface area is 122 Å². The molecule has 0 N–H and O–H groups in total. The van der Waals surface area contributed by atoms with Crippen molar-refractivity contribution >= 4 is 22.6 Å². The van der Waals surface area contributed by atoms with Crippen LogP contribution in [0.5, 0.6) is 0 Å². The number of esters is 1. The number of ether oxygens (including phenoxy) is 1. The average molecular weight is 284 g/mol. The Balaban J connectivity index is 2.64. The van der Waals surface area contributed by atoms with E-state index in [0.717, 1.165) is 24.8 Å². The van der Waals surface area contributed by atoms with Gasteiger partial charge in [0.2, 0.25) is 0 Å². The third-order valence-corrected chi connectivity index (χ3v) is 3.27. The van der Waals surface area contributed by atoms with Crippen molar-refractivity contribution in [1.29, 1.82) is 0 Å². The third-order valence-electron chi connectivity index (χ3n) is 3.27. The summed E-state index contributed by atoms with van der Waals surface area (Å²) in [6, 6.07) is 5.80. The lowest BCUT2D eigenvalue weighted by molar-refractivity contribution is 0.0601. The molecule has 108 valence electrons. The Hall–Kier alpha value is -2.59. The van der Waals surface area contributed by atoms with Crippen LogP contribution in [0.25, 0.3) is 21.3 Å². The molecule has 0 aliphatic carbocycles. The first kappa shape index (κ1) is 14.8. The van der Waals surface area contributed by atoms with E-state index in [1.54, 1.807) is 0 Å². The van der Waals surface area contributed by atoms with E-state index in [-0.39, 0.29) is 11.3 Å². The summed E-state index contributed by atoms with van der Waals surface area (Å²) in [5.41, 5.74) is 11.0. The normalized spacial score (nSPS) is 10.2. The first-order chi connectivity index (χ1) is 10.2. The van der Waals surface area contributed by atoms with Gasteiger partial charge in [-0.3, -0.25) is 4.98 Å². The summed E-state index contributed by atoms with van der Waals surface area (Å²) < 4.78 is 4.71. The molecule has 0 fully saturated rings. The Kier molecular flexibility index (Phi) is 4.74. The summed E-state index contributed by atoms with van der Waals surface area (Å²) >= 11 is 0. The van der Waals surface area contributed by atoms with E-state index in [1.165, 1.54) is 13.3 Å². The molecule has 6 heteroatoms. The molecule has 0 amide bonds. The van der Waals surface area contributed by atoms with Crippen LogP contribution in [0.3, 0.4) is 0 Å². The number of hydrogen-bond donors (Lipinski definition) is 0. The van der Waals surface area contributed by atoms with E-state index in [1.807, 2.05) is 18.2 Å². The average Bonchev–Trinajstić information content (AvgIpc) is 2.52. The molecule has 1 heterocycles. The number of carbonyl (C=O) groups excluding carboxylic acids is 1. The van der Waals surface area contributed by atoms with Gasteiger partial charge in [-0.25, -0.2) is 4.79 Å². The molecule has 0 aliphatic rings. The number of hydrogen-bond acceptors (Lipinski definition) is 4. The number of fused-ring (bicyclic) bond motifs is 1. The predicted octanol–water partition coefficient (Wildman–Crippen LogP) is 4.31. The van der Waals surface area contributed by atoms with Crippen molar-refractivity contribution in [1.82, 2.24) is 4.98 Å². The van der Waals surface area contributed by atoms with Gasteiger partial charge in [0.15, 0.2) is 0 Å². The van der Waals surface area contributed by atoms with Crippen LogP contribution in [0.4, 0.5) is 5.69 Å². The van der Waals surface area contributed by atoms with Gasteiger partial charge in [-0.15, -0.1) is 0 Å². The molecule has 0 saturated carbocycles. The smallest absolute Gasteiger partial charge is 0.339 e. The molecular formula is C15H16N4O2. The van der Waals surface area contributed by atoms with Crippen molar-refractivity contribution in [2.75, 3.05) is 7.11 Å². The van der Waals surface area contributed by atoms with Gasteiger partial charge in [0.25, 0.3) is 0 Å². The number of aryl methyl sites for hydroxylation is 1. The number of aromatic nitrogens is 1. The van der Waals surface area contributed by atoms with Gasteiger partial charge >= 0.3 is 5.97 Å². The molecule has 2 rings (SSSR count). The minimum atomic E-state index is -0.564. The largest absolute Gasteiger partial charge is 0.465 e. The highest BCUT2D eigenvalue weighted by Crippen LogP contribution is 2.30. The quantitative estimate of drug-likeness (QED) is 0.355. The monoisotopic (exact) mass is 284 g/mol. The summed E-state index contributed by atoms with van der Waals surface area (Å²) in [4.78, 5) is 18.8. The first-order valence-electron chi connectivity index (χ1n) is 6.76. The number of carbonyl (C=O) groups is 1. The molecule has 1 aromatic heterocycles. The van der Waals surface area contributed by atoms with Crippen molar-refractivity contribution in [3.63, 3.8) is 0 Å². The second-order valence-electron chi connectivity index (χ2n) is 4.66. The number of rotatable bonds is 5. The molecule has 0 unspecified atom stereocenters. The van der Waals surface area contributed by atoms with E-state index >= 15 is 0 Å². The molecule has 6 nitrogen and oxygen atoms in total. The van der Waals surface area contributed by atoms with Crippen molar-refractivity contribution < 1.29 is 9.53 Å². The third kappa shape index (κ3) is 3.12. The molecule has 0 saturated heterocycles. The highest BCUT2D eigenvalue weighted by atomic mass is 16.5. The number of azide groups is 1. The van der Waals surface area contributed by atoms with Crippen molar-refractivity contribution in [2.24, 2.45) is 5.11 Å². The molecule has 0 spiro atoms. The van der Waals surface area contributed by atoms with Gasteiger partial charge in [0.1, 0.15) is 0 Å². The van der Waals surface area contributed by atoms with Crippen LogP contribution in [0.2, 0.25) is 0 Å². The van der Waals surface area contributed by atoms with Gasteiger partial charge in [-0.1, -0.05) is 24.5 Å². The van der Waals surface area contributed by atoms with Gasteiger partial charge in [0, 0.05) is 16.5 Å². The molecule has 21 heavy (non-hydrogen) atoms. The highest BCUT2D eigenvalue weighted by molar-refractivity contribution is 6.03. The minimum absolute atomic E-state index is 0.176. The molecule has 0 atom stereocenters. The predicted molar refractivity (Wildman–Crippen MR) is 80.5 cm³/mol. The fraction of sp³-hybridized carbons (Fsp3) is 0.333. The summed E-state index contributed by atoms with van der Waals surface area (Å²) in [6.07, 6.45) is 4.49. The molecule has 0 aliphatic heterocycles. The maximum atomic E-state index is 11.8. The molecule has 0 bridgehead atoms. The van der Waals surface area contributed by atoms with E-state index < -0.39 is 5.97 Å². The Bertz CT molecular complexity index is 721. The van der Waals surface area contributed by atoms with Crippen LogP contribution in [0, 0.1) is 0 Å². The summed E-state index contributed by atoms with van der Waals surface area (Å²) in [6.45, 7) is 2.13. The van der Waals surface area contributed by atoms with Gasteiger partial charge in [0.05, 0.1) is 23.9 Å². The number of unbranched alkanes of at least 4 members (excludes halogenated alkanes) is 1. The standard InChI is InChI=1S/C15H16N4O2/c1-3-4-5-10-6-7-13-11(8-10)14(18-19-16)12(9-17-13)15(20)21-2/h6-9H,3-5H2,1-2H3. The molecule has 2 aromatic rings. The zero-order valence-electron chi connectivity index (χ0n) is 12.0. The van der Waals surface area contributed by atoms with Gasteiger partial charge in [-0.05, 0) is 36.1 Å². The summed E-state index contributed by atoms with van der Waals surface area (Å²) in [7, 11) is 1.28. The topological polar surface area (TPSA) is 88.0 Å². The number of pyridine rings is 1. The van der Waals surface area contributed by atoms with Crippen LogP contribution >= 0.6 is 0 Å². The second-order valence-corrected chi connectivity index (χ2v) is 4.66. The highest BCUT2D eigenvalue weighted by Gasteiger charge is 2.15. The van der Waals surface area contributed by atoms with Crippen molar-refractivity contribution in [3.8, 4) is 0 Å². The van der Waals surface area contributed by atoms with E-state index in [2.05, 4.69) is 21.9 Å². The lowest BCUT2D eigenvalue weighted by atomic mass is 10.0. The van der Waals surface area contributed by atoms with E-state index in [9.17, 15) is 4.79 Å². The number of nitrogens with zero attached hydrogens (tertiary/aromatic N) is 4. The SMILES string of the molecule is CCCCc1ccc2ncc(C(=O)OC)c(N=[N+]=[N-])c2c1. The second kappa shape index (κ2) is 6.72. The molecule has 1 aromatic carbocycles. The Morgan fingerprint density at radius 1 is 1.48 bits per heavy atom. The lowest BCUT2D eigenvalue weighted by Gasteiger charge is -2.08. The minimum Gasteiger partial charge on any atom is -0.465 e. The van der Waals surface area contributed by atoms with Gasteiger partial charge < -0.3 is 4.74 Å². The fourth-order valence-electron chi connectivity index (χ4n) is 2.17. The summed E-state index contributed by atoms with van der Waals surface area (Å²) in [5, 5.41) is 4.34. The number of benzene rings is 1. The summed E-state index contributed by atoms with van der Waals surface area (Å²) in [5.74, 6) is -0.564.